The predicted octanol–water partition coefficient (Wildman–Crippen LogP) is 4.35. The maximum Gasteiger partial charge on any atom is 0.214 e. The lowest BCUT2D eigenvalue weighted by Gasteiger charge is -2.29. The Morgan fingerprint density at radius 3 is 2.40 bits per heavy atom. The summed E-state index contributed by atoms with van der Waals surface area (Å²) in [5.41, 5.74) is 1.01. The first kappa shape index (κ1) is 17.7. The molecule has 1 unspecified atom stereocenters. The summed E-state index contributed by atoms with van der Waals surface area (Å²) >= 11 is 3.51. The Morgan fingerprint density at radius 2 is 1.85 bits per heavy atom. The fourth-order valence-electron chi connectivity index (χ4n) is 2.21. The molecule has 0 amide bonds. The molecule has 1 atom stereocenters. The van der Waals surface area contributed by atoms with Crippen LogP contribution >= 0.6 is 15.9 Å². The van der Waals surface area contributed by atoms with Gasteiger partial charge in [-0.15, -0.1) is 0 Å². The maximum atomic E-state index is 12.5. The fraction of sp³-hybridized carbons (Fsp3) is 0.600. The Hall–Kier alpha value is -0.390. The Morgan fingerprint density at radius 1 is 1.20 bits per heavy atom. The predicted molar refractivity (Wildman–Crippen MR) is 88.2 cm³/mol. The monoisotopic (exact) mass is 361 g/mol. The van der Waals surface area contributed by atoms with Gasteiger partial charge in [0, 0.05) is 17.1 Å². The molecule has 3 nitrogen and oxygen atoms in total. The lowest BCUT2D eigenvalue weighted by atomic mass is 10.1. The van der Waals surface area contributed by atoms with Crippen LogP contribution in [0.15, 0.2) is 28.7 Å². The average molecular weight is 362 g/mol. The maximum absolute atomic E-state index is 12.5. The van der Waals surface area contributed by atoms with Crippen molar-refractivity contribution in [3.8, 4) is 0 Å². The Labute approximate surface area is 131 Å². The van der Waals surface area contributed by atoms with Gasteiger partial charge in [-0.3, -0.25) is 0 Å². The van der Waals surface area contributed by atoms with Gasteiger partial charge in [-0.25, -0.2) is 8.42 Å². The zero-order valence-corrected chi connectivity index (χ0v) is 14.9. The molecule has 0 aliphatic carbocycles. The van der Waals surface area contributed by atoms with Gasteiger partial charge < -0.3 is 0 Å². The van der Waals surface area contributed by atoms with Crippen molar-refractivity contribution in [2.75, 3.05) is 12.3 Å². The normalized spacial score (nSPS) is 13.7. The first-order valence-electron chi connectivity index (χ1n) is 7.18. The second kappa shape index (κ2) is 8.15. The molecule has 0 aliphatic heterocycles. The molecule has 0 saturated heterocycles. The second-order valence-electron chi connectivity index (χ2n) is 4.98. The third-order valence-electron chi connectivity index (χ3n) is 3.34. The van der Waals surface area contributed by atoms with Gasteiger partial charge in [0.05, 0.1) is 5.75 Å². The number of unbranched alkanes of at least 4 members (excludes halogenated alkanes) is 1. The smallest absolute Gasteiger partial charge is 0.212 e. The summed E-state index contributed by atoms with van der Waals surface area (Å²) in [4.78, 5) is 0. The SMILES string of the molecule is CCCCS(=O)(=O)N(CCC)C(C)c1ccccc1Br. The summed E-state index contributed by atoms with van der Waals surface area (Å²) in [5, 5.41) is 0. The van der Waals surface area contributed by atoms with E-state index in [0.29, 0.717) is 13.0 Å². The van der Waals surface area contributed by atoms with Crippen molar-refractivity contribution in [2.24, 2.45) is 0 Å². The Kier molecular flexibility index (Phi) is 7.20. The molecule has 0 saturated carbocycles. The second-order valence-corrected chi connectivity index (χ2v) is 7.87. The van der Waals surface area contributed by atoms with Crippen molar-refractivity contribution in [1.82, 2.24) is 4.31 Å². The molecule has 0 N–H and O–H groups in total. The minimum absolute atomic E-state index is 0.146. The van der Waals surface area contributed by atoms with E-state index in [-0.39, 0.29) is 11.8 Å². The van der Waals surface area contributed by atoms with E-state index in [1.807, 2.05) is 45.0 Å². The van der Waals surface area contributed by atoms with Crippen LogP contribution in [0.5, 0.6) is 0 Å². The van der Waals surface area contributed by atoms with Crippen molar-refractivity contribution in [2.45, 2.75) is 46.1 Å². The molecule has 0 heterocycles. The van der Waals surface area contributed by atoms with Gasteiger partial charge >= 0.3 is 0 Å². The average Bonchev–Trinajstić information content (AvgIpc) is 2.42. The van der Waals surface area contributed by atoms with Crippen LogP contribution < -0.4 is 0 Å². The standard InChI is InChI=1S/C15H24BrNO2S/c1-4-6-12-20(18,19)17(11-5-2)13(3)14-9-7-8-10-15(14)16/h7-10,13H,4-6,11-12H2,1-3H3. The highest BCUT2D eigenvalue weighted by molar-refractivity contribution is 9.10. The highest BCUT2D eigenvalue weighted by Gasteiger charge is 2.27. The Balaban J connectivity index is 3.04. The van der Waals surface area contributed by atoms with Crippen LogP contribution in [-0.2, 0) is 10.0 Å². The minimum Gasteiger partial charge on any atom is -0.212 e. The number of benzene rings is 1. The first-order chi connectivity index (χ1) is 9.44. The van der Waals surface area contributed by atoms with Crippen molar-refractivity contribution >= 4 is 26.0 Å². The van der Waals surface area contributed by atoms with E-state index in [0.717, 1.165) is 22.9 Å². The highest BCUT2D eigenvalue weighted by atomic mass is 79.9. The van der Waals surface area contributed by atoms with Gasteiger partial charge in [-0.2, -0.15) is 4.31 Å². The Bertz CT molecular complexity index is 516. The topological polar surface area (TPSA) is 37.4 Å². The summed E-state index contributed by atoms with van der Waals surface area (Å²) in [7, 11) is -3.20. The van der Waals surface area contributed by atoms with Crippen LogP contribution in [-0.4, -0.2) is 25.0 Å². The number of sulfonamides is 1. The molecule has 0 bridgehead atoms. The third-order valence-corrected chi connectivity index (χ3v) is 6.08. The van der Waals surface area contributed by atoms with Gasteiger partial charge in [0.25, 0.3) is 0 Å². The van der Waals surface area contributed by atoms with E-state index in [4.69, 9.17) is 0 Å². The van der Waals surface area contributed by atoms with Gasteiger partial charge in [0.15, 0.2) is 0 Å². The van der Waals surface area contributed by atoms with E-state index in [1.165, 1.54) is 0 Å². The molecular formula is C15H24BrNO2S. The molecule has 0 radical (unpaired) electrons. The van der Waals surface area contributed by atoms with Gasteiger partial charge in [0.1, 0.15) is 0 Å². The molecule has 0 spiro atoms. The zero-order chi connectivity index (χ0) is 15.2. The molecule has 0 fully saturated rings. The number of hydrogen-bond donors (Lipinski definition) is 0. The van der Waals surface area contributed by atoms with Gasteiger partial charge in [0.2, 0.25) is 10.0 Å². The number of halogens is 1. The molecule has 20 heavy (non-hydrogen) atoms. The fourth-order valence-corrected chi connectivity index (χ4v) is 4.77. The van der Waals surface area contributed by atoms with Crippen molar-refractivity contribution in [1.29, 1.82) is 0 Å². The largest absolute Gasteiger partial charge is 0.214 e. The summed E-state index contributed by atoms with van der Waals surface area (Å²) in [6.07, 6.45) is 2.42. The van der Waals surface area contributed by atoms with Crippen LogP contribution in [0.4, 0.5) is 0 Å². The van der Waals surface area contributed by atoms with E-state index < -0.39 is 10.0 Å². The zero-order valence-electron chi connectivity index (χ0n) is 12.5. The van der Waals surface area contributed by atoms with Crippen molar-refractivity contribution in [3.63, 3.8) is 0 Å². The number of nitrogens with zero attached hydrogens (tertiary/aromatic N) is 1. The number of hydrogen-bond acceptors (Lipinski definition) is 2. The molecule has 0 aliphatic rings. The van der Waals surface area contributed by atoms with Crippen molar-refractivity contribution < 1.29 is 8.42 Å². The number of rotatable bonds is 8. The third kappa shape index (κ3) is 4.57. The first-order valence-corrected chi connectivity index (χ1v) is 9.58. The molecule has 1 aromatic rings. The minimum atomic E-state index is -3.20. The van der Waals surface area contributed by atoms with Crippen LogP contribution in [0.2, 0.25) is 0 Å². The molecule has 1 rings (SSSR count). The van der Waals surface area contributed by atoms with Crippen LogP contribution in [0.1, 0.15) is 51.6 Å². The molecule has 0 aromatic heterocycles. The van der Waals surface area contributed by atoms with E-state index in [9.17, 15) is 8.42 Å². The van der Waals surface area contributed by atoms with E-state index in [2.05, 4.69) is 15.9 Å². The molecule has 114 valence electrons. The summed E-state index contributed by atoms with van der Waals surface area (Å²) in [6.45, 7) is 6.54. The lowest BCUT2D eigenvalue weighted by molar-refractivity contribution is 0.341. The van der Waals surface area contributed by atoms with E-state index >= 15 is 0 Å². The van der Waals surface area contributed by atoms with Crippen LogP contribution in [0.25, 0.3) is 0 Å². The molecule has 1 aromatic carbocycles. The van der Waals surface area contributed by atoms with Gasteiger partial charge in [-0.1, -0.05) is 54.4 Å². The van der Waals surface area contributed by atoms with Crippen molar-refractivity contribution in [3.05, 3.63) is 34.3 Å². The summed E-state index contributed by atoms with van der Waals surface area (Å²) < 4.78 is 27.6. The summed E-state index contributed by atoms with van der Waals surface area (Å²) in [6, 6.07) is 7.67. The quantitative estimate of drug-likeness (QED) is 0.689. The lowest BCUT2D eigenvalue weighted by Crippen LogP contribution is -2.36. The van der Waals surface area contributed by atoms with Gasteiger partial charge in [-0.05, 0) is 31.4 Å². The summed E-state index contributed by atoms with van der Waals surface area (Å²) in [5.74, 6) is 0.234. The van der Waals surface area contributed by atoms with E-state index in [1.54, 1.807) is 4.31 Å². The molecular weight excluding hydrogens is 338 g/mol. The van der Waals surface area contributed by atoms with Crippen LogP contribution in [0, 0.1) is 0 Å². The highest BCUT2D eigenvalue weighted by Crippen LogP contribution is 2.29. The molecule has 5 heteroatoms. The van der Waals surface area contributed by atoms with Crippen LogP contribution in [0.3, 0.4) is 0 Å².